The van der Waals surface area contributed by atoms with E-state index >= 15 is 0 Å². The van der Waals surface area contributed by atoms with Crippen LogP contribution in [0.4, 0.5) is 5.00 Å². The number of thiophene rings is 1. The predicted molar refractivity (Wildman–Crippen MR) is 52.2 cm³/mol. The van der Waals surface area contributed by atoms with Crippen molar-refractivity contribution in [2.24, 2.45) is 5.73 Å². The summed E-state index contributed by atoms with van der Waals surface area (Å²) in [5, 5.41) is 0.347. The number of hydrogen-bond acceptors (Lipinski definition) is 2. The van der Waals surface area contributed by atoms with Gasteiger partial charge in [-0.25, -0.2) is 0 Å². The molecule has 0 unspecified atom stereocenters. The zero-order valence-electron chi connectivity index (χ0n) is 7.22. The summed E-state index contributed by atoms with van der Waals surface area (Å²) in [6.07, 6.45) is 4.22. The third-order valence-electron chi connectivity index (χ3n) is 2.42. The highest BCUT2D eigenvalue weighted by Crippen LogP contribution is 2.36. The Morgan fingerprint density at radius 2 is 2.08 bits per heavy atom. The van der Waals surface area contributed by atoms with Crippen molar-refractivity contribution in [3.63, 3.8) is 0 Å². The maximum absolute atomic E-state index is 11.1. The first-order valence-corrected chi connectivity index (χ1v) is 5.17. The number of nitrogens with one attached hydrogen (secondary N) is 1. The van der Waals surface area contributed by atoms with Crippen LogP contribution in [0.2, 0.25) is 0 Å². The van der Waals surface area contributed by atoms with Crippen LogP contribution in [0.5, 0.6) is 0 Å². The standard InChI is InChI=1S/C9H11N2OS/c10-8(12)7-5-3-1-2-4-6(5)13-9(7)11/h11H,1-4H2,(H2,10,12). The van der Waals surface area contributed by atoms with Crippen molar-refractivity contribution in [1.82, 2.24) is 5.73 Å². The molecular weight excluding hydrogens is 184 g/mol. The van der Waals surface area contributed by atoms with Crippen molar-refractivity contribution in [2.75, 3.05) is 0 Å². The van der Waals surface area contributed by atoms with Gasteiger partial charge in [0.25, 0.3) is 5.91 Å². The molecule has 13 heavy (non-hydrogen) atoms. The number of aryl methyl sites for hydroxylation is 1. The second kappa shape index (κ2) is 3.03. The molecule has 1 amide bonds. The minimum Gasteiger partial charge on any atom is -0.365 e. The molecule has 1 aliphatic rings. The zero-order chi connectivity index (χ0) is 9.42. The van der Waals surface area contributed by atoms with Crippen molar-refractivity contribution >= 4 is 22.2 Å². The average molecular weight is 195 g/mol. The van der Waals surface area contributed by atoms with Gasteiger partial charge in [-0.15, -0.1) is 11.3 Å². The average Bonchev–Trinajstić information content (AvgIpc) is 2.39. The Kier molecular flexibility index (Phi) is 2.00. The van der Waals surface area contributed by atoms with Crippen molar-refractivity contribution in [3.8, 4) is 0 Å². The van der Waals surface area contributed by atoms with Crippen LogP contribution >= 0.6 is 11.3 Å². The van der Waals surface area contributed by atoms with E-state index in [-0.39, 0.29) is 0 Å². The lowest BCUT2D eigenvalue weighted by Gasteiger charge is -2.10. The number of carbonyl (C=O) groups is 1. The van der Waals surface area contributed by atoms with Gasteiger partial charge < -0.3 is 5.73 Å². The first kappa shape index (κ1) is 8.56. The molecule has 0 fully saturated rings. The van der Waals surface area contributed by atoms with Gasteiger partial charge >= 0.3 is 0 Å². The van der Waals surface area contributed by atoms with Gasteiger partial charge in [0, 0.05) is 4.88 Å². The van der Waals surface area contributed by atoms with Gasteiger partial charge in [0.2, 0.25) is 0 Å². The quantitative estimate of drug-likeness (QED) is 0.727. The second-order valence-corrected chi connectivity index (χ2v) is 4.38. The summed E-state index contributed by atoms with van der Waals surface area (Å²) in [5.41, 5.74) is 14.4. The fourth-order valence-corrected chi connectivity index (χ4v) is 2.97. The van der Waals surface area contributed by atoms with Crippen molar-refractivity contribution < 1.29 is 4.79 Å². The SMILES string of the molecule is [NH]c1sc2c(c1C(N)=O)CCCC2. The molecule has 1 radical (unpaired) electrons. The largest absolute Gasteiger partial charge is 0.365 e. The molecule has 1 aromatic heterocycles. The third-order valence-corrected chi connectivity index (χ3v) is 3.52. The lowest BCUT2D eigenvalue weighted by molar-refractivity contribution is 0.100. The predicted octanol–water partition coefficient (Wildman–Crippen LogP) is 1.64. The summed E-state index contributed by atoms with van der Waals surface area (Å²) < 4.78 is 0. The van der Waals surface area contributed by atoms with Crippen LogP contribution < -0.4 is 11.5 Å². The molecule has 3 N–H and O–H groups in total. The Hall–Kier alpha value is -1.03. The maximum Gasteiger partial charge on any atom is 0.252 e. The number of fused-ring (bicyclic) bond motifs is 1. The Morgan fingerprint density at radius 1 is 1.38 bits per heavy atom. The second-order valence-electron chi connectivity index (χ2n) is 3.28. The molecule has 1 aliphatic carbocycles. The van der Waals surface area contributed by atoms with E-state index < -0.39 is 5.91 Å². The normalized spacial score (nSPS) is 15.4. The van der Waals surface area contributed by atoms with Gasteiger partial charge in [-0.1, -0.05) is 0 Å². The van der Waals surface area contributed by atoms with E-state index in [1.54, 1.807) is 0 Å². The van der Waals surface area contributed by atoms with Crippen LogP contribution in [0.25, 0.3) is 0 Å². The summed E-state index contributed by atoms with van der Waals surface area (Å²) in [6.45, 7) is 0. The fraction of sp³-hybridized carbons (Fsp3) is 0.444. The summed E-state index contributed by atoms with van der Waals surface area (Å²) in [6, 6.07) is 0. The van der Waals surface area contributed by atoms with Gasteiger partial charge in [-0.3, -0.25) is 10.5 Å². The Bertz CT molecular complexity index is 357. The molecule has 0 saturated carbocycles. The van der Waals surface area contributed by atoms with E-state index in [4.69, 9.17) is 11.5 Å². The number of carbonyl (C=O) groups excluding carboxylic acids is 1. The Balaban J connectivity index is 2.54. The molecule has 0 saturated heterocycles. The number of nitrogens with two attached hydrogens (primary N) is 1. The lowest BCUT2D eigenvalue weighted by Crippen LogP contribution is -2.14. The highest BCUT2D eigenvalue weighted by atomic mass is 32.1. The molecule has 3 nitrogen and oxygen atoms in total. The van der Waals surface area contributed by atoms with Gasteiger partial charge in [0.1, 0.15) is 5.00 Å². The molecule has 1 aromatic rings. The summed E-state index contributed by atoms with van der Waals surface area (Å²) in [5.74, 6) is -0.440. The van der Waals surface area contributed by atoms with Crippen LogP contribution in [-0.4, -0.2) is 5.91 Å². The Labute approximate surface area is 80.7 Å². The van der Waals surface area contributed by atoms with Crippen LogP contribution in [0.3, 0.4) is 0 Å². The number of rotatable bonds is 1. The summed E-state index contributed by atoms with van der Waals surface area (Å²) in [7, 11) is 0. The van der Waals surface area contributed by atoms with E-state index in [1.807, 2.05) is 0 Å². The topological polar surface area (TPSA) is 66.9 Å². The van der Waals surface area contributed by atoms with E-state index in [1.165, 1.54) is 22.6 Å². The molecule has 0 aliphatic heterocycles. The first-order valence-electron chi connectivity index (χ1n) is 4.36. The minimum absolute atomic E-state index is 0.347. The minimum atomic E-state index is -0.440. The number of hydrogen-bond donors (Lipinski definition) is 1. The molecule has 0 spiro atoms. The van der Waals surface area contributed by atoms with Crippen molar-refractivity contribution in [1.29, 1.82) is 0 Å². The van der Waals surface area contributed by atoms with Crippen LogP contribution in [0.1, 0.15) is 33.6 Å². The van der Waals surface area contributed by atoms with Crippen molar-refractivity contribution in [2.45, 2.75) is 25.7 Å². The molecular formula is C9H11N2OS. The van der Waals surface area contributed by atoms with Crippen LogP contribution in [0, 0.1) is 0 Å². The lowest BCUT2D eigenvalue weighted by atomic mass is 9.95. The molecule has 69 valence electrons. The van der Waals surface area contributed by atoms with E-state index in [0.29, 0.717) is 10.6 Å². The first-order chi connectivity index (χ1) is 6.20. The number of amides is 1. The van der Waals surface area contributed by atoms with E-state index in [0.717, 1.165) is 24.8 Å². The molecule has 0 bridgehead atoms. The summed E-state index contributed by atoms with van der Waals surface area (Å²) >= 11 is 1.41. The Morgan fingerprint density at radius 3 is 2.77 bits per heavy atom. The van der Waals surface area contributed by atoms with Crippen LogP contribution in [0.15, 0.2) is 0 Å². The van der Waals surface area contributed by atoms with Gasteiger partial charge in [0.15, 0.2) is 0 Å². The van der Waals surface area contributed by atoms with Gasteiger partial charge in [-0.05, 0) is 31.2 Å². The monoisotopic (exact) mass is 195 g/mol. The molecule has 2 rings (SSSR count). The maximum atomic E-state index is 11.1. The molecule has 0 aromatic carbocycles. The fourth-order valence-electron chi connectivity index (χ4n) is 1.83. The highest BCUT2D eigenvalue weighted by Gasteiger charge is 2.22. The molecule has 1 heterocycles. The van der Waals surface area contributed by atoms with Gasteiger partial charge in [-0.2, -0.15) is 0 Å². The van der Waals surface area contributed by atoms with E-state index in [2.05, 4.69) is 0 Å². The smallest absolute Gasteiger partial charge is 0.252 e. The molecule has 4 heteroatoms. The zero-order valence-corrected chi connectivity index (χ0v) is 8.04. The highest BCUT2D eigenvalue weighted by molar-refractivity contribution is 7.16. The third kappa shape index (κ3) is 1.31. The summed E-state index contributed by atoms with van der Waals surface area (Å²) in [4.78, 5) is 12.3. The van der Waals surface area contributed by atoms with Gasteiger partial charge in [0.05, 0.1) is 5.56 Å². The van der Waals surface area contributed by atoms with E-state index in [9.17, 15) is 4.79 Å². The van der Waals surface area contributed by atoms with Crippen LogP contribution in [-0.2, 0) is 12.8 Å². The van der Waals surface area contributed by atoms with Crippen molar-refractivity contribution in [3.05, 3.63) is 16.0 Å². The molecule has 0 atom stereocenters. The number of primary amides is 1.